The van der Waals surface area contributed by atoms with Gasteiger partial charge in [-0.15, -0.1) is 10.2 Å². The number of likely N-dealkylation sites (N-methyl/N-ethyl adjacent to an activating group) is 1. The second-order valence-corrected chi connectivity index (χ2v) is 5.58. The van der Waals surface area contributed by atoms with Crippen LogP contribution in [0.15, 0.2) is 30.6 Å². The van der Waals surface area contributed by atoms with E-state index in [-0.39, 0.29) is 12.3 Å². The normalized spacial score (nSPS) is 11.1. The molecule has 0 radical (unpaired) electrons. The average molecular weight is 328 g/mol. The number of benzene rings is 1. The van der Waals surface area contributed by atoms with Crippen molar-refractivity contribution in [3.8, 4) is 0 Å². The average Bonchev–Trinajstić information content (AvgIpc) is 3.20. The van der Waals surface area contributed by atoms with Crippen LogP contribution in [0.3, 0.4) is 0 Å². The number of hydrogen-bond donors (Lipinski definition) is 1. The molecule has 1 aromatic carbocycles. The lowest BCUT2D eigenvalue weighted by molar-refractivity contribution is -0.129. The van der Waals surface area contributed by atoms with Crippen molar-refractivity contribution in [2.45, 2.75) is 19.5 Å². The molecule has 0 saturated heterocycles. The molecule has 0 spiro atoms. The Hall–Kier alpha value is -2.74. The number of rotatable bonds is 7. The predicted molar refractivity (Wildman–Crippen MR) is 88.2 cm³/mol. The maximum absolute atomic E-state index is 12.5. The Morgan fingerprint density at radius 2 is 2.21 bits per heavy atom. The number of carbonyl (C=O) groups is 1. The number of hydrogen-bond acceptors (Lipinski definition) is 5. The van der Waals surface area contributed by atoms with Gasteiger partial charge in [0.15, 0.2) is 5.82 Å². The third kappa shape index (κ3) is 3.43. The molecule has 1 amide bonds. The van der Waals surface area contributed by atoms with Crippen molar-refractivity contribution in [2.75, 3.05) is 20.8 Å². The first-order valence-corrected chi connectivity index (χ1v) is 7.70. The van der Waals surface area contributed by atoms with Gasteiger partial charge in [-0.25, -0.2) is 0 Å². The summed E-state index contributed by atoms with van der Waals surface area (Å²) in [6, 6.07) is 7.74. The highest BCUT2D eigenvalue weighted by Crippen LogP contribution is 2.16. The number of carbonyl (C=O) groups excluding carboxylic acids is 1. The maximum atomic E-state index is 12.5. The van der Waals surface area contributed by atoms with Crippen LogP contribution in [0.1, 0.15) is 11.5 Å². The van der Waals surface area contributed by atoms with Crippen molar-refractivity contribution in [3.05, 3.63) is 42.1 Å². The van der Waals surface area contributed by atoms with Crippen LogP contribution in [-0.4, -0.2) is 56.5 Å². The Bertz CT molecular complexity index is 825. The summed E-state index contributed by atoms with van der Waals surface area (Å²) in [4.78, 5) is 14.1. The van der Waals surface area contributed by atoms with E-state index in [2.05, 4.69) is 20.4 Å². The number of aromatic amines is 1. The van der Waals surface area contributed by atoms with E-state index in [0.29, 0.717) is 19.7 Å². The van der Waals surface area contributed by atoms with E-state index in [9.17, 15) is 4.79 Å². The van der Waals surface area contributed by atoms with Crippen molar-refractivity contribution < 1.29 is 9.53 Å². The number of nitrogens with one attached hydrogen (secondary N) is 1. The van der Waals surface area contributed by atoms with Crippen LogP contribution in [0.2, 0.25) is 0 Å². The van der Waals surface area contributed by atoms with Gasteiger partial charge >= 0.3 is 0 Å². The minimum atomic E-state index is -0.00862. The van der Waals surface area contributed by atoms with Crippen LogP contribution >= 0.6 is 0 Å². The Balaban J connectivity index is 1.66. The van der Waals surface area contributed by atoms with Gasteiger partial charge < -0.3 is 14.2 Å². The van der Waals surface area contributed by atoms with E-state index < -0.39 is 0 Å². The van der Waals surface area contributed by atoms with Crippen LogP contribution in [0.5, 0.6) is 0 Å². The fraction of sp³-hybridized carbons (Fsp3) is 0.375. The summed E-state index contributed by atoms with van der Waals surface area (Å²) in [6.45, 7) is 1.63. The van der Waals surface area contributed by atoms with Crippen molar-refractivity contribution in [2.24, 2.45) is 0 Å². The summed E-state index contributed by atoms with van der Waals surface area (Å²) in [5, 5.41) is 16.1. The van der Waals surface area contributed by atoms with Crippen molar-refractivity contribution in [1.82, 2.24) is 29.9 Å². The maximum Gasteiger partial charge on any atom is 0.228 e. The summed E-state index contributed by atoms with van der Waals surface area (Å²) in [5.41, 5.74) is 1.69. The summed E-state index contributed by atoms with van der Waals surface area (Å²) in [6.07, 6.45) is 1.91. The smallest absolute Gasteiger partial charge is 0.228 e. The van der Waals surface area contributed by atoms with Gasteiger partial charge in [-0.1, -0.05) is 18.2 Å². The highest BCUT2D eigenvalue weighted by atomic mass is 16.5. The first-order valence-electron chi connectivity index (χ1n) is 7.70. The Labute approximate surface area is 139 Å². The zero-order valence-electron chi connectivity index (χ0n) is 13.8. The summed E-state index contributed by atoms with van der Waals surface area (Å²) >= 11 is 0. The zero-order chi connectivity index (χ0) is 16.9. The largest absolute Gasteiger partial charge is 0.383 e. The van der Waals surface area contributed by atoms with E-state index in [1.54, 1.807) is 25.4 Å². The van der Waals surface area contributed by atoms with Crippen LogP contribution < -0.4 is 0 Å². The fourth-order valence-electron chi connectivity index (χ4n) is 2.51. The number of nitrogens with zero attached hydrogens (tertiary/aromatic N) is 5. The number of fused-ring (bicyclic) bond motifs is 1. The van der Waals surface area contributed by atoms with Crippen molar-refractivity contribution in [1.29, 1.82) is 0 Å². The minimum absolute atomic E-state index is 0.00862. The topological polar surface area (TPSA) is 88.9 Å². The molecule has 0 aliphatic heterocycles. The third-order valence-electron chi connectivity index (χ3n) is 3.90. The molecular formula is C16H20N6O2. The lowest BCUT2D eigenvalue weighted by Gasteiger charge is -2.17. The predicted octanol–water partition coefficient (Wildman–Crippen LogP) is 1.00. The van der Waals surface area contributed by atoms with Crippen molar-refractivity contribution >= 4 is 16.8 Å². The molecule has 2 aromatic heterocycles. The molecule has 0 bridgehead atoms. The molecule has 24 heavy (non-hydrogen) atoms. The Morgan fingerprint density at radius 3 is 3.04 bits per heavy atom. The van der Waals surface area contributed by atoms with Gasteiger partial charge in [0, 0.05) is 26.1 Å². The molecule has 2 heterocycles. The summed E-state index contributed by atoms with van der Waals surface area (Å²) in [7, 11) is 3.41. The van der Waals surface area contributed by atoms with E-state index in [1.165, 1.54) is 0 Å². The number of H-pyrrole nitrogens is 1. The van der Waals surface area contributed by atoms with Gasteiger partial charge in [0.2, 0.25) is 5.91 Å². The minimum Gasteiger partial charge on any atom is -0.383 e. The van der Waals surface area contributed by atoms with E-state index in [4.69, 9.17) is 4.74 Å². The molecule has 8 heteroatoms. The molecule has 0 aliphatic carbocycles. The Kier molecular flexibility index (Phi) is 4.85. The number of aromatic nitrogens is 5. The fourth-order valence-corrected chi connectivity index (χ4v) is 2.51. The number of ether oxygens (including phenoxy) is 1. The number of methoxy groups -OCH3 is 1. The number of amides is 1. The monoisotopic (exact) mass is 328 g/mol. The molecular weight excluding hydrogens is 308 g/mol. The zero-order valence-corrected chi connectivity index (χ0v) is 13.8. The molecule has 0 aliphatic rings. The SMILES string of the molecule is COCCn1cnnc1CN(C)C(=O)Cc1[nH]nc2ccccc12. The van der Waals surface area contributed by atoms with Gasteiger partial charge in [-0.2, -0.15) is 5.10 Å². The molecule has 3 aromatic rings. The molecule has 8 nitrogen and oxygen atoms in total. The van der Waals surface area contributed by atoms with E-state index in [0.717, 1.165) is 22.4 Å². The van der Waals surface area contributed by atoms with Gasteiger partial charge in [-0.05, 0) is 6.07 Å². The second-order valence-electron chi connectivity index (χ2n) is 5.58. The summed E-state index contributed by atoms with van der Waals surface area (Å²) in [5.74, 6) is 0.725. The van der Waals surface area contributed by atoms with Gasteiger partial charge in [-0.3, -0.25) is 9.89 Å². The lowest BCUT2D eigenvalue weighted by atomic mass is 10.1. The molecule has 0 saturated carbocycles. The molecule has 126 valence electrons. The van der Waals surface area contributed by atoms with Gasteiger partial charge in [0.1, 0.15) is 6.33 Å². The highest BCUT2D eigenvalue weighted by molar-refractivity contribution is 5.87. The standard InChI is InChI=1S/C16H20N6O2/c1-21(10-15-20-17-11-22(15)7-8-24-2)16(23)9-14-12-5-3-4-6-13(12)18-19-14/h3-6,11H,7-10H2,1-2H3,(H,18,19). The van der Waals surface area contributed by atoms with Gasteiger partial charge in [0.25, 0.3) is 0 Å². The van der Waals surface area contributed by atoms with E-state index in [1.807, 2.05) is 28.8 Å². The van der Waals surface area contributed by atoms with Crippen LogP contribution in [-0.2, 0) is 29.0 Å². The number of para-hydroxylation sites is 1. The molecule has 1 N–H and O–H groups in total. The quantitative estimate of drug-likeness (QED) is 0.699. The van der Waals surface area contributed by atoms with E-state index >= 15 is 0 Å². The summed E-state index contributed by atoms with van der Waals surface area (Å²) < 4.78 is 6.95. The first kappa shape index (κ1) is 16.1. The van der Waals surface area contributed by atoms with Crippen molar-refractivity contribution in [3.63, 3.8) is 0 Å². The molecule has 0 atom stereocenters. The Morgan fingerprint density at radius 1 is 1.38 bits per heavy atom. The van der Waals surface area contributed by atoms with Crippen LogP contribution in [0.4, 0.5) is 0 Å². The van der Waals surface area contributed by atoms with Crippen LogP contribution in [0.25, 0.3) is 10.9 Å². The lowest BCUT2D eigenvalue weighted by Crippen LogP contribution is -2.29. The molecule has 0 unspecified atom stereocenters. The molecule has 0 fully saturated rings. The highest BCUT2D eigenvalue weighted by Gasteiger charge is 2.16. The van der Waals surface area contributed by atoms with Crippen LogP contribution in [0, 0.1) is 0 Å². The molecule has 3 rings (SSSR count). The van der Waals surface area contributed by atoms with Gasteiger partial charge in [0.05, 0.1) is 30.8 Å². The second kappa shape index (κ2) is 7.22. The third-order valence-corrected chi connectivity index (χ3v) is 3.90. The first-order chi connectivity index (χ1) is 11.7.